The average molecular weight is 431 g/mol. The van der Waals surface area contributed by atoms with Crippen molar-refractivity contribution in [1.82, 2.24) is 4.57 Å². The zero-order chi connectivity index (χ0) is 20.6. The largest absolute Gasteiger partial charge is 0.486 e. The van der Waals surface area contributed by atoms with Crippen molar-refractivity contribution in [3.63, 3.8) is 0 Å². The van der Waals surface area contributed by atoms with Crippen LogP contribution in [-0.4, -0.2) is 38.4 Å². The van der Waals surface area contributed by atoms with E-state index in [4.69, 9.17) is 9.47 Å². The molecule has 29 heavy (non-hydrogen) atoms. The quantitative estimate of drug-likeness (QED) is 0.594. The molecule has 0 saturated heterocycles. The van der Waals surface area contributed by atoms with E-state index >= 15 is 0 Å². The molecule has 9 heteroatoms. The van der Waals surface area contributed by atoms with Gasteiger partial charge in [0.05, 0.1) is 15.1 Å². The van der Waals surface area contributed by atoms with Crippen molar-refractivity contribution in [1.29, 1.82) is 0 Å². The molecular weight excluding hydrogens is 412 g/mol. The van der Waals surface area contributed by atoms with Gasteiger partial charge in [0.1, 0.15) is 13.2 Å². The average Bonchev–Trinajstić information content (AvgIpc) is 3.02. The van der Waals surface area contributed by atoms with Gasteiger partial charge in [-0.1, -0.05) is 17.4 Å². The number of amides is 1. The lowest BCUT2D eigenvalue weighted by molar-refractivity contribution is 0.0998. The van der Waals surface area contributed by atoms with Gasteiger partial charge in [-0.3, -0.25) is 4.79 Å². The Bertz CT molecular complexity index is 1280. The van der Waals surface area contributed by atoms with Gasteiger partial charge < -0.3 is 14.0 Å². The second-order valence-corrected chi connectivity index (χ2v) is 9.49. The Labute approximate surface area is 171 Å². The van der Waals surface area contributed by atoms with Crippen LogP contribution in [0.4, 0.5) is 0 Å². The van der Waals surface area contributed by atoms with E-state index in [1.807, 2.05) is 16.7 Å². The Hall–Kier alpha value is -2.91. The standard InChI is InChI=1S/C20H18N2O5S2/c1-3-8-22-15-11-16-17(27-10-9-26-16)12-18(15)28-20(22)21-19(23)13-4-6-14(7-5-13)29(2,24)25/h3-7,11-12H,1,8-10H2,2H3. The summed E-state index contributed by atoms with van der Waals surface area (Å²) in [5, 5.41) is 0. The number of fused-ring (bicyclic) bond motifs is 2. The van der Waals surface area contributed by atoms with Gasteiger partial charge in [-0.15, -0.1) is 6.58 Å². The number of hydrogen-bond acceptors (Lipinski definition) is 6. The minimum absolute atomic E-state index is 0.156. The minimum atomic E-state index is -3.32. The number of nitrogens with zero attached hydrogens (tertiary/aromatic N) is 2. The topological polar surface area (TPSA) is 87.0 Å². The van der Waals surface area contributed by atoms with Crippen LogP contribution >= 0.6 is 11.3 Å². The first-order valence-corrected chi connectivity index (χ1v) is 11.5. The second-order valence-electron chi connectivity index (χ2n) is 6.46. The van der Waals surface area contributed by atoms with Crippen LogP contribution in [0.25, 0.3) is 10.2 Å². The Morgan fingerprint density at radius 2 is 1.86 bits per heavy atom. The Balaban J connectivity index is 1.79. The van der Waals surface area contributed by atoms with E-state index < -0.39 is 15.7 Å². The number of carbonyl (C=O) groups is 1. The Morgan fingerprint density at radius 1 is 1.21 bits per heavy atom. The maximum Gasteiger partial charge on any atom is 0.279 e. The molecule has 4 rings (SSSR count). The maximum absolute atomic E-state index is 12.7. The molecule has 150 valence electrons. The summed E-state index contributed by atoms with van der Waals surface area (Å²) in [5.74, 6) is 0.880. The van der Waals surface area contributed by atoms with Crippen molar-refractivity contribution in [2.45, 2.75) is 11.4 Å². The summed E-state index contributed by atoms with van der Waals surface area (Å²) in [4.78, 5) is 17.6. The molecule has 2 heterocycles. The first-order chi connectivity index (χ1) is 13.9. The molecular formula is C20H18N2O5S2. The minimum Gasteiger partial charge on any atom is -0.486 e. The lowest BCUT2D eigenvalue weighted by Crippen LogP contribution is -2.17. The van der Waals surface area contributed by atoms with E-state index in [1.54, 1.807) is 6.08 Å². The third kappa shape index (κ3) is 3.83. The normalized spacial score (nSPS) is 14.2. The van der Waals surface area contributed by atoms with Gasteiger partial charge in [0, 0.05) is 30.5 Å². The van der Waals surface area contributed by atoms with Gasteiger partial charge in [-0.25, -0.2) is 8.42 Å². The van der Waals surface area contributed by atoms with Crippen molar-refractivity contribution in [3.05, 3.63) is 59.4 Å². The van der Waals surface area contributed by atoms with Crippen LogP contribution in [0.5, 0.6) is 11.5 Å². The monoisotopic (exact) mass is 430 g/mol. The third-order valence-corrected chi connectivity index (χ3v) is 6.55. The summed E-state index contributed by atoms with van der Waals surface area (Å²) < 4.78 is 37.3. The van der Waals surface area contributed by atoms with Crippen molar-refractivity contribution in [3.8, 4) is 11.5 Å². The van der Waals surface area contributed by atoms with E-state index in [0.29, 0.717) is 41.6 Å². The van der Waals surface area contributed by atoms with E-state index in [2.05, 4.69) is 11.6 Å². The summed E-state index contributed by atoms with van der Waals surface area (Å²) in [6.07, 6.45) is 2.85. The van der Waals surface area contributed by atoms with Crippen LogP contribution in [0.15, 0.2) is 58.9 Å². The number of ether oxygens (including phenoxy) is 2. The van der Waals surface area contributed by atoms with E-state index in [9.17, 15) is 13.2 Å². The molecule has 3 aromatic rings. The fraction of sp³-hybridized carbons (Fsp3) is 0.200. The molecule has 0 N–H and O–H groups in total. The third-order valence-electron chi connectivity index (χ3n) is 4.38. The number of hydrogen-bond donors (Lipinski definition) is 0. The van der Waals surface area contributed by atoms with Crippen molar-refractivity contribution in [2.75, 3.05) is 19.5 Å². The first kappa shape index (κ1) is 19.4. The number of allylic oxidation sites excluding steroid dienone is 1. The van der Waals surface area contributed by atoms with Crippen LogP contribution in [0.2, 0.25) is 0 Å². The molecule has 1 aliphatic rings. The molecule has 2 aromatic carbocycles. The highest BCUT2D eigenvalue weighted by molar-refractivity contribution is 7.90. The summed E-state index contributed by atoms with van der Waals surface area (Å²) >= 11 is 1.36. The first-order valence-electron chi connectivity index (χ1n) is 8.80. The molecule has 0 saturated carbocycles. The molecule has 0 atom stereocenters. The Morgan fingerprint density at radius 3 is 2.48 bits per heavy atom. The van der Waals surface area contributed by atoms with Gasteiger partial charge >= 0.3 is 0 Å². The summed E-state index contributed by atoms with van der Waals surface area (Å²) in [6, 6.07) is 9.52. The highest BCUT2D eigenvalue weighted by Gasteiger charge is 2.17. The predicted molar refractivity (Wildman–Crippen MR) is 110 cm³/mol. The smallest absolute Gasteiger partial charge is 0.279 e. The van der Waals surface area contributed by atoms with Gasteiger partial charge in [0.2, 0.25) is 0 Å². The lowest BCUT2D eigenvalue weighted by Gasteiger charge is -2.18. The number of aromatic nitrogens is 1. The van der Waals surface area contributed by atoms with Gasteiger partial charge in [-0.05, 0) is 24.3 Å². The van der Waals surface area contributed by atoms with Crippen LogP contribution in [0.3, 0.4) is 0 Å². The highest BCUT2D eigenvalue weighted by Crippen LogP contribution is 2.35. The van der Waals surface area contributed by atoms with Crippen molar-refractivity contribution < 1.29 is 22.7 Å². The maximum atomic E-state index is 12.7. The Kier molecular flexibility index (Phi) is 5.01. The van der Waals surface area contributed by atoms with Gasteiger partial charge in [-0.2, -0.15) is 4.99 Å². The van der Waals surface area contributed by atoms with Crippen molar-refractivity contribution in [2.24, 2.45) is 4.99 Å². The fourth-order valence-electron chi connectivity index (χ4n) is 2.99. The molecule has 0 radical (unpaired) electrons. The molecule has 0 bridgehead atoms. The van der Waals surface area contributed by atoms with Gasteiger partial charge in [0.15, 0.2) is 26.1 Å². The van der Waals surface area contributed by atoms with E-state index in [1.165, 1.54) is 35.6 Å². The zero-order valence-electron chi connectivity index (χ0n) is 15.6. The summed E-state index contributed by atoms with van der Waals surface area (Å²) in [5.41, 5.74) is 1.18. The number of sulfone groups is 1. The van der Waals surface area contributed by atoms with Crippen LogP contribution in [-0.2, 0) is 16.4 Å². The highest BCUT2D eigenvalue weighted by atomic mass is 32.2. The van der Waals surface area contributed by atoms with Crippen LogP contribution < -0.4 is 14.3 Å². The number of thiazole rings is 1. The molecule has 0 spiro atoms. The predicted octanol–water partition coefficient (Wildman–Crippen LogP) is 2.80. The molecule has 7 nitrogen and oxygen atoms in total. The van der Waals surface area contributed by atoms with E-state index in [0.717, 1.165) is 16.5 Å². The molecule has 0 fully saturated rings. The molecule has 1 amide bonds. The molecule has 1 aliphatic heterocycles. The SMILES string of the molecule is C=CCn1c(=NC(=O)c2ccc(S(C)(=O)=O)cc2)sc2cc3c(cc21)OCCO3. The fourth-order valence-corrected chi connectivity index (χ4v) is 4.67. The molecule has 1 aromatic heterocycles. The summed E-state index contributed by atoms with van der Waals surface area (Å²) in [6.45, 7) is 5.24. The van der Waals surface area contributed by atoms with Gasteiger partial charge in [0.25, 0.3) is 5.91 Å². The van der Waals surface area contributed by atoms with Crippen molar-refractivity contribution >= 4 is 37.3 Å². The number of benzene rings is 2. The van der Waals surface area contributed by atoms with Crippen LogP contribution in [0, 0.1) is 0 Å². The second kappa shape index (κ2) is 7.49. The van der Waals surface area contributed by atoms with E-state index in [-0.39, 0.29) is 4.90 Å². The summed E-state index contributed by atoms with van der Waals surface area (Å²) in [7, 11) is -3.32. The molecule has 0 aliphatic carbocycles. The number of carbonyl (C=O) groups excluding carboxylic acids is 1. The number of rotatable bonds is 4. The van der Waals surface area contributed by atoms with Crippen LogP contribution in [0.1, 0.15) is 10.4 Å². The molecule has 0 unspecified atom stereocenters. The lowest BCUT2D eigenvalue weighted by atomic mass is 10.2. The zero-order valence-corrected chi connectivity index (χ0v) is 17.3.